The molecule has 0 amide bonds. The van der Waals surface area contributed by atoms with E-state index in [4.69, 9.17) is 0 Å². The Hall–Kier alpha value is -1.15. The minimum absolute atomic E-state index is 0.0444. The van der Waals surface area contributed by atoms with Gasteiger partial charge in [0.15, 0.2) is 5.78 Å². The molecule has 2 nitrogen and oxygen atoms in total. The van der Waals surface area contributed by atoms with Crippen LogP contribution in [0.4, 0.5) is 0 Å². The highest BCUT2D eigenvalue weighted by atomic mass is 16.1. The zero-order valence-electron chi connectivity index (χ0n) is 8.63. The van der Waals surface area contributed by atoms with Gasteiger partial charge in [0.1, 0.15) is 0 Å². The fraction of sp³-hybridized carbons (Fsp3) is 0.417. The molecule has 0 atom stereocenters. The highest BCUT2D eigenvalue weighted by Crippen LogP contribution is 2.27. The summed E-state index contributed by atoms with van der Waals surface area (Å²) < 4.78 is 0. The van der Waals surface area contributed by atoms with Crippen molar-refractivity contribution in [1.82, 2.24) is 5.32 Å². The van der Waals surface area contributed by atoms with Gasteiger partial charge in [-0.2, -0.15) is 0 Å². The van der Waals surface area contributed by atoms with E-state index in [1.807, 2.05) is 18.2 Å². The molecule has 1 heterocycles. The van der Waals surface area contributed by atoms with Gasteiger partial charge in [-0.05, 0) is 5.56 Å². The zero-order valence-corrected chi connectivity index (χ0v) is 8.63. The molecular weight excluding hydrogens is 174 g/mol. The monoisotopic (exact) mass is 189 g/mol. The molecule has 1 aliphatic heterocycles. The quantitative estimate of drug-likeness (QED) is 0.673. The van der Waals surface area contributed by atoms with Crippen LogP contribution in [0.15, 0.2) is 24.3 Å². The summed E-state index contributed by atoms with van der Waals surface area (Å²) in [6.45, 7) is 5.64. The van der Waals surface area contributed by atoms with Crippen molar-refractivity contribution >= 4 is 5.78 Å². The van der Waals surface area contributed by atoms with Crippen molar-refractivity contribution in [2.24, 2.45) is 0 Å². The lowest BCUT2D eigenvalue weighted by atomic mass is 9.82. The topological polar surface area (TPSA) is 29.1 Å². The smallest absolute Gasteiger partial charge is 0.176 e. The van der Waals surface area contributed by atoms with E-state index in [-0.39, 0.29) is 11.2 Å². The van der Waals surface area contributed by atoms with Crippen molar-refractivity contribution in [1.29, 1.82) is 0 Å². The number of ketones is 1. The molecule has 2 rings (SSSR count). The van der Waals surface area contributed by atoms with Crippen LogP contribution in [-0.4, -0.2) is 18.9 Å². The normalized spacial score (nSPS) is 20.0. The van der Waals surface area contributed by atoms with Crippen LogP contribution in [0.1, 0.15) is 29.8 Å². The van der Waals surface area contributed by atoms with Gasteiger partial charge in [-0.15, -0.1) is 0 Å². The molecule has 14 heavy (non-hydrogen) atoms. The number of carbonyl (C=O) groups excluding carboxylic acids is 1. The van der Waals surface area contributed by atoms with E-state index in [2.05, 4.69) is 25.2 Å². The van der Waals surface area contributed by atoms with Crippen LogP contribution in [-0.2, 0) is 5.41 Å². The second-order valence-corrected chi connectivity index (χ2v) is 4.46. The van der Waals surface area contributed by atoms with Crippen molar-refractivity contribution in [3.8, 4) is 0 Å². The minimum Gasteiger partial charge on any atom is -0.309 e. The molecule has 0 unspecified atom stereocenters. The molecule has 0 bridgehead atoms. The van der Waals surface area contributed by atoms with Gasteiger partial charge in [0.25, 0.3) is 0 Å². The summed E-state index contributed by atoms with van der Waals surface area (Å²) in [5, 5.41) is 3.18. The lowest BCUT2D eigenvalue weighted by molar-refractivity contribution is 0.0994. The van der Waals surface area contributed by atoms with Gasteiger partial charge in [-0.3, -0.25) is 4.79 Å². The van der Waals surface area contributed by atoms with Crippen molar-refractivity contribution in [2.45, 2.75) is 19.3 Å². The Labute approximate surface area is 84.3 Å². The number of hydrogen-bond acceptors (Lipinski definition) is 2. The molecule has 0 aromatic heterocycles. The largest absolute Gasteiger partial charge is 0.309 e. The third-order valence-electron chi connectivity index (χ3n) is 2.81. The fourth-order valence-corrected chi connectivity index (χ4v) is 2.00. The Kier molecular flexibility index (Phi) is 2.16. The fourth-order valence-electron chi connectivity index (χ4n) is 2.00. The second kappa shape index (κ2) is 3.21. The Morgan fingerprint density at radius 1 is 1.29 bits per heavy atom. The standard InChI is InChI=1S/C12H15NO/c1-12(2)8-13-7-11(14)9-5-3-4-6-10(9)12/h3-6,13H,7-8H2,1-2H3. The van der Waals surface area contributed by atoms with Gasteiger partial charge < -0.3 is 5.32 Å². The average Bonchev–Trinajstić information content (AvgIpc) is 2.27. The maximum Gasteiger partial charge on any atom is 0.176 e. The summed E-state index contributed by atoms with van der Waals surface area (Å²) in [6, 6.07) is 7.91. The predicted molar refractivity (Wildman–Crippen MR) is 56.7 cm³/mol. The molecule has 1 aliphatic rings. The summed E-state index contributed by atoms with van der Waals surface area (Å²) in [5.74, 6) is 0.200. The van der Waals surface area contributed by atoms with Crippen molar-refractivity contribution in [2.75, 3.05) is 13.1 Å². The first-order valence-corrected chi connectivity index (χ1v) is 4.95. The Morgan fingerprint density at radius 2 is 2.00 bits per heavy atom. The van der Waals surface area contributed by atoms with Crippen molar-refractivity contribution in [3.63, 3.8) is 0 Å². The van der Waals surface area contributed by atoms with Crippen LogP contribution in [0.5, 0.6) is 0 Å². The number of carbonyl (C=O) groups is 1. The van der Waals surface area contributed by atoms with Gasteiger partial charge in [-0.1, -0.05) is 38.1 Å². The number of nitrogens with one attached hydrogen (secondary N) is 1. The van der Waals surface area contributed by atoms with E-state index in [1.165, 1.54) is 0 Å². The predicted octanol–water partition coefficient (Wildman–Crippen LogP) is 1.75. The van der Waals surface area contributed by atoms with E-state index in [1.54, 1.807) is 0 Å². The van der Waals surface area contributed by atoms with Gasteiger partial charge in [0.2, 0.25) is 0 Å². The van der Waals surface area contributed by atoms with Gasteiger partial charge in [0.05, 0.1) is 6.54 Å². The van der Waals surface area contributed by atoms with Crippen molar-refractivity contribution in [3.05, 3.63) is 35.4 Å². The molecule has 0 saturated carbocycles. The molecule has 74 valence electrons. The van der Waals surface area contributed by atoms with Crippen LogP contribution >= 0.6 is 0 Å². The highest BCUT2D eigenvalue weighted by Gasteiger charge is 2.28. The average molecular weight is 189 g/mol. The lowest BCUT2D eigenvalue weighted by Gasteiger charge is -2.24. The summed E-state index contributed by atoms with van der Waals surface area (Å²) >= 11 is 0. The first-order chi connectivity index (χ1) is 6.61. The molecular formula is C12H15NO. The summed E-state index contributed by atoms with van der Waals surface area (Å²) in [7, 11) is 0. The van der Waals surface area contributed by atoms with Crippen LogP contribution < -0.4 is 5.32 Å². The molecule has 0 spiro atoms. The molecule has 1 N–H and O–H groups in total. The third-order valence-corrected chi connectivity index (χ3v) is 2.81. The number of fused-ring (bicyclic) bond motifs is 1. The van der Waals surface area contributed by atoms with Gasteiger partial charge in [0, 0.05) is 17.5 Å². The third kappa shape index (κ3) is 1.46. The Bertz CT molecular complexity index is 368. The molecule has 0 fully saturated rings. The summed E-state index contributed by atoms with van der Waals surface area (Å²) in [4.78, 5) is 11.7. The van der Waals surface area contributed by atoms with Gasteiger partial charge >= 0.3 is 0 Å². The molecule has 1 aromatic rings. The SMILES string of the molecule is CC1(C)CNCC(=O)c2ccccc21. The van der Waals surface area contributed by atoms with E-state index in [0.29, 0.717) is 6.54 Å². The molecule has 0 radical (unpaired) electrons. The summed E-state index contributed by atoms with van der Waals surface area (Å²) in [6.07, 6.45) is 0. The van der Waals surface area contributed by atoms with Crippen LogP contribution in [0, 0.1) is 0 Å². The first kappa shape index (κ1) is 9.41. The highest BCUT2D eigenvalue weighted by molar-refractivity contribution is 5.99. The van der Waals surface area contributed by atoms with E-state index < -0.39 is 0 Å². The zero-order chi connectivity index (χ0) is 10.2. The Balaban J connectivity index is 2.59. The number of hydrogen-bond donors (Lipinski definition) is 1. The lowest BCUT2D eigenvalue weighted by Crippen LogP contribution is -2.31. The Morgan fingerprint density at radius 3 is 2.79 bits per heavy atom. The van der Waals surface area contributed by atoms with Crippen LogP contribution in [0.25, 0.3) is 0 Å². The van der Waals surface area contributed by atoms with E-state index >= 15 is 0 Å². The molecule has 2 heteroatoms. The molecule has 0 aliphatic carbocycles. The maximum atomic E-state index is 11.7. The van der Waals surface area contributed by atoms with E-state index in [9.17, 15) is 4.79 Å². The number of Topliss-reactive ketones (excluding diaryl/α,β-unsaturated/α-hetero) is 1. The van der Waals surface area contributed by atoms with Crippen molar-refractivity contribution < 1.29 is 4.79 Å². The molecule has 1 aromatic carbocycles. The maximum absolute atomic E-state index is 11.7. The summed E-state index contributed by atoms with van der Waals surface area (Å²) in [5.41, 5.74) is 2.08. The van der Waals surface area contributed by atoms with Crippen LogP contribution in [0.2, 0.25) is 0 Å². The number of benzene rings is 1. The number of rotatable bonds is 0. The second-order valence-electron chi connectivity index (χ2n) is 4.46. The van der Waals surface area contributed by atoms with E-state index in [0.717, 1.165) is 17.7 Å². The first-order valence-electron chi connectivity index (χ1n) is 4.95. The minimum atomic E-state index is 0.0444. The van der Waals surface area contributed by atoms with Gasteiger partial charge in [-0.25, -0.2) is 0 Å². The molecule has 0 saturated heterocycles. The van der Waals surface area contributed by atoms with Crippen LogP contribution in [0.3, 0.4) is 0 Å².